The summed E-state index contributed by atoms with van der Waals surface area (Å²) in [7, 11) is 1.72. The number of nitro benzene ring substituents is 1. The standard InChI is InChI=1S/C25H21BrN4O6/c1-28-13-19(23(30(34)35)25(28)20-7-2-3-8-21(20)27-24(25)31)18-12-16(26)9-10-22(18)36-14-15-5-4-6-17(11-15)29(32)33/h2-12,19,23H,13-14H2,1H3,(H,27,31)/t19-,23-,25+/m1/s1. The van der Waals surface area contributed by atoms with Crippen LogP contribution in [0.15, 0.2) is 71.2 Å². The number of halogens is 1. The van der Waals surface area contributed by atoms with Gasteiger partial charge in [-0.2, -0.15) is 0 Å². The largest absolute Gasteiger partial charge is 0.489 e. The first-order valence-electron chi connectivity index (χ1n) is 11.1. The van der Waals surface area contributed by atoms with Crippen LogP contribution in [0.25, 0.3) is 0 Å². The fraction of sp³-hybridized carbons (Fsp3) is 0.240. The van der Waals surface area contributed by atoms with E-state index < -0.39 is 28.3 Å². The van der Waals surface area contributed by atoms with E-state index >= 15 is 0 Å². The zero-order valence-electron chi connectivity index (χ0n) is 19.1. The Morgan fingerprint density at radius 2 is 1.89 bits per heavy atom. The Kier molecular flexibility index (Phi) is 5.97. The molecule has 0 bridgehead atoms. The van der Waals surface area contributed by atoms with Crippen molar-refractivity contribution in [1.29, 1.82) is 0 Å². The summed E-state index contributed by atoms with van der Waals surface area (Å²) >= 11 is 3.46. The molecule has 11 heteroatoms. The van der Waals surface area contributed by atoms with Crippen LogP contribution in [-0.4, -0.2) is 40.3 Å². The zero-order chi connectivity index (χ0) is 25.6. The lowest BCUT2D eigenvalue weighted by Crippen LogP contribution is -2.54. The van der Waals surface area contributed by atoms with Gasteiger partial charge in [0.2, 0.25) is 0 Å². The molecule has 0 radical (unpaired) electrons. The first-order valence-corrected chi connectivity index (χ1v) is 11.9. The van der Waals surface area contributed by atoms with Gasteiger partial charge in [0.15, 0.2) is 5.54 Å². The van der Waals surface area contributed by atoms with Crippen LogP contribution in [0.4, 0.5) is 11.4 Å². The van der Waals surface area contributed by atoms with Crippen LogP contribution in [0, 0.1) is 20.2 Å². The van der Waals surface area contributed by atoms with Gasteiger partial charge in [0.1, 0.15) is 12.4 Å². The number of benzene rings is 3. The monoisotopic (exact) mass is 552 g/mol. The van der Waals surface area contributed by atoms with E-state index in [9.17, 15) is 25.0 Å². The van der Waals surface area contributed by atoms with Crippen LogP contribution in [0.2, 0.25) is 0 Å². The third-order valence-electron chi connectivity index (χ3n) is 6.93. The molecule has 0 unspecified atom stereocenters. The molecular formula is C25H21BrN4O6. The van der Waals surface area contributed by atoms with Crippen molar-refractivity contribution in [2.45, 2.75) is 24.1 Å². The second-order valence-corrected chi connectivity index (χ2v) is 9.80. The van der Waals surface area contributed by atoms with Gasteiger partial charge in [0.05, 0.1) is 10.8 Å². The van der Waals surface area contributed by atoms with Crippen molar-refractivity contribution >= 4 is 33.2 Å². The van der Waals surface area contributed by atoms with E-state index in [2.05, 4.69) is 21.2 Å². The number of carbonyl (C=O) groups is 1. The van der Waals surface area contributed by atoms with Crippen molar-refractivity contribution in [3.05, 3.63) is 108 Å². The maximum atomic E-state index is 13.4. The van der Waals surface area contributed by atoms with Gasteiger partial charge in [-0.25, -0.2) is 0 Å². The van der Waals surface area contributed by atoms with Crippen LogP contribution < -0.4 is 10.1 Å². The van der Waals surface area contributed by atoms with E-state index in [1.807, 2.05) is 0 Å². The highest BCUT2D eigenvalue weighted by molar-refractivity contribution is 9.10. The molecule has 1 spiro atoms. The van der Waals surface area contributed by atoms with Gasteiger partial charge in [-0.3, -0.25) is 29.9 Å². The molecule has 0 saturated carbocycles. The van der Waals surface area contributed by atoms with Gasteiger partial charge in [-0.05, 0) is 36.9 Å². The minimum absolute atomic E-state index is 0.0382. The Morgan fingerprint density at radius 1 is 1.11 bits per heavy atom. The average Bonchev–Trinajstić information content (AvgIpc) is 3.33. The summed E-state index contributed by atoms with van der Waals surface area (Å²) in [6, 6.07) is 17.1. The van der Waals surface area contributed by atoms with Gasteiger partial charge in [0.25, 0.3) is 17.6 Å². The van der Waals surface area contributed by atoms with E-state index in [1.54, 1.807) is 66.5 Å². The van der Waals surface area contributed by atoms with Crippen LogP contribution in [0.5, 0.6) is 5.75 Å². The third kappa shape index (κ3) is 3.71. The summed E-state index contributed by atoms with van der Waals surface area (Å²) in [5, 5.41) is 26.5. The first kappa shape index (κ1) is 23.9. The number of likely N-dealkylation sites (tertiary alicyclic amines) is 1. The van der Waals surface area contributed by atoms with E-state index in [-0.39, 0.29) is 23.8 Å². The van der Waals surface area contributed by atoms with Gasteiger partial charge in [-0.15, -0.1) is 0 Å². The Labute approximate surface area is 214 Å². The summed E-state index contributed by atoms with van der Waals surface area (Å²) in [5.41, 5.74) is 0.801. The predicted octanol–water partition coefficient (Wildman–Crippen LogP) is 4.46. The summed E-state index contributed by atoms with van der Waals surface area (Å²) in [6.45, 7) is 0.285. The molecule has 2 aliphatic rings. The molecule has 10 nitrogen and oxygen atoms in total. The Bertz CT molecular complexity index is 1400. The van der Waals surface area contributed by atoms with Gasteiger partial charge in [0, 0.05) is 44.9 Å². The molecular weight excluding hydrogens is 532 g/mol. The number of nitrogens with one attached hydrogen (secondary N) is 1. The SMILES string of the molecule is CN1C[C@H](c2cc(Br)ccc2OCc2cccc([N+](=O)[O-])c2)[C@@H]([N+](=O)[O-])[C@@]12C(=O)Nc1ccccc12. The minimum Gasteiger partial charge on any atom is -0.489 e. The number of hydrogen-bond donors (Lipinski definition) is 1. The number of likely N-dealkylation sites (N-methyl/N-ethyl adjacent to an activating group) is 1. The molecule has 2 aliphatic heterocycles. The van der Waals surface area contributed by atoms with Crippen LogP contribution in [-0.2, 0) is 16.9 Å². The molecule has 36 heavy (non-hydrogen) atoms. The summed E-state index contributed by atoms with van der Waals surface area (Å²) in [6.07, 6.45) is 0. The van der Waals surface area contributed by atoms with Gasteiger partial charge in [-0.1, -0.05) is 46.3 Å². The highest BCUT2D eigenvalue weighted by Gasteiger charge is 2.68. The molecule has 1 amide bonds. The number of nitrogens with zero attached hydrogens (tertiary/aromatic N) is 3. The number of ether oxygens (including phenoxy) is 1. The number of rotatable bonds is 6. The molecule has 3 aromatic carbocycles. The summed E-state index contributed by atoms with van der Waals surface area (Å²) in [5.74, 6) is -0.678. The lowest BCUT2D eigenvalue weighted by Gasteiger charge is -2.30. The second kappa shape index (κ2) is 8.99. The van der Waals surface area contributed by atoms with E-state index in [0.717, 1.165) is 0 Å². The molecule has 2 heterocycles. The number of amides is 1. The molecule has 184 valence electrons. The molecule has 1 N–H and O–H groups in total. The minimum atomic E-state index is -1.47. The number of carbonyl (C=O) groups excluding carboxylic acids is 1. The topological polar surface area (TPSA) is 128 Å². The number of hydrogen-bond acceptors (Lipinski definition) is 7. The Hall–Kier alpha value is -3.83. The van der Waals surface area contributed by atoms with Crippen molar-refractivity contribution in [1.82, 2.24) is 4.90 Å². The highest BCUT2D eigenvalue weighted by Crippen LogP contribution is 2.53. The molecule has 3 atom stereocenters. The molecule has 0 aromatic heterocycles. The van der Waals surface area contributed by atoms with Crippen molar-refractivity contribution in [2.24, 2.45) is 0 Å². The molecule has 3 aromatic rings. The van der Waals surface area contributed by atoms with E-state index in [0.29, 0.717) is 32.6 Å². The normalized spacial score (nSPS) is 22.9. The van der Waals surface area contributed by atoms with E-state index in [1.165, 1.54) is 12.1 Å². The van der Waals surface area contributed by atoms with Crippen molar-refractivity contribution in [2.75, 3.05) is 18.9 Å². The fourth-order valence-corrected chi connectivity index (χ4v) is 5.80. The van der Waals surface area contributed by atoms with Crippen molar-refractivity contribution < 1.29 is 19.4 Å². The number of nitro groups is 2. The first-order chi connectivity index (χ1) is 17.2. The van der Waals surface area contributed by atoms with Gasteiger partial charge < -0.3 is 10.1 Å². The number of anilines is 1. The number of fused-ring (bicyclic) bond motifs is 2. The molecule has 5 rings (SSSR count). The van der Waals surface area contributed by atoms with Crippen LogP contribution >= 0.6 is 15.9 Å². The molecule has 0 aliphatic carbocycles. The summed E-state index contributed by atoms with van der Waals surface area (Å²) < 4.78 is 6.76. The van der Waals surface area contributed by atoms with Crippen molar-refractivity contribution in [3.8, 4) is 5.75 Å². The van der Waals surface area contributed by atoms with Crippen molar-refractivity contribution in [3.63, 3.8) is 0 Å². The fourth-order valence-electron chi connectivity index (χ4n) is 5.42. The third-order valence-corrected chi connectivity index (χ3v) is 7.42. The number of non-ortho nitro benzene ring substituents is 1. The average molecular weight is 553 g/mol. The predicted molar refractivity (Wildman–Crippen MR) is 134 cm³/mol. The van der Waals surface area contributed by atoms with E-state index in [4.69, 9.17) is 4.74 Å². The van der Waals surface area contributed by atoms with Gasteiger partial charge >= 0.3 is 0 Å². The molecule has 1 fully saturated rings. The quantitative estimate of drug-likeness (QED) is 0.353. The lowest BCUT2D eigenvalue weighted by atomic mass is 9.79. The Morgan fingerprint density at radius 3 is 2.64 bits per heavy atom. The van der Waals surface area contributed by atoms with Crippen LogP contribution in [0.3, 0.4) is 0 Å². The van der Waals surface area contributed by atoms with Crippen LogP contribution in [0.1, 0.15) is 22.6 Å². The maximum Gasteiger partial charge on any atom is 0.269 e. The second-order valence-electron chi connectivity index (χ2n) is 8.88. The Balaban J connectivity index is 1.55. The molecule has 1 saturated heterocycles. The smallest absolute Gasteiger partial charge is 0.269 e. The summed E-state index contributed by atoms with van der Waals surface area (Å²) in [4.78, 5) is 38.0. The number of para-hydroxylation sites is 1. The highest BCUT2D eigenvalue weighted by atomic mass is 79.9. The maximum absolute atomic E-state index is 13.4. The zero-order valence-corrected chi connectivity index (χ0v) is 20.7. The lowest BCUT2D eigenvalue weighted by molar-refractivity contribution is -0.534.